The Bertz CT molecular complexity index is 798. The molecule has 140 valence electrons. The van der Waals surface area contributed by atoms with Crippen LogP contribution in [-0.2, 0) is 20.2 Å². The van der Waals surface area contributed by atoms with Crippen molar-refractivity contribution in [3.05, 3.63) is 23.5 Å². The topological polar surface area (TPSA) is 206 Å². The number of aromatic nitrogens is 1. The third-order valence-corrected chi connectivity index (χ3v) is 4.04. The second-order valence-corrected chi connectivity index (χ2v) is 7.90. The SMILES string of the molecule is Nc1cc(C(=O)NCCS(=O)(=O)O)nc(C(=O)NCCS(=O)(=O)O)c1. The van der Waals surface area contributed by atoms with Crippen LogP contribution in [0.1, 0.15) is 21.0 Å². The number of nitrogens with zero attached hydrogens (tertiary/aromatic N) is 1. The Morgan fingerprint density at radius 3 is 1.60 bits per heavy atom. The maximum absolute atomic E-state index is 11.9. The number of carbonyl (C=O) groups is 2. The normalized spacial score (nSPS) is 11.8. The van der Waals surface area contributed by atoms with Gasteiger partial charge in [0.25, 0.3) is 32.1 Å². The number of anilines is 1. The van der Waals surface area contributed by atoms with Crippen LogP contribution < -0.4 is 16.4 Å². The molecular formula is C11H16N4O8S2. The van der Waals surface area contributed by atoms with Gasteiger partial charge in [0.2, 0.25) is 0 Å². The Morgan fingerprint density at radius 2 is 1.28 bits per heavy atom. The molecule has 0 aromatic carbocycles. The largest absolute Gasteiger partial charge is 0.399 e. The number of nitrogens with two attached hydrogens (primary N) is 1. The molecule has 0 aliphatic rings. The number of nitrogens with one attached hydrogen (secondary N) is 2. The van der Waals surface area contributed by atoms with Crippen molar-refractivity contribution >= 4 is 37.7 Å². The zero-order valence-corrected chi connectivity index (χ0v) is 14.3. The molecule has 0 fully saturated rings. The number of nitrogen functional groups attached to an aromatic ring is 1. The number of pyridine rings is 1. The van der Waals surface area contributed by atoms with Crippen LogP contribution in [0.4, 0.5) is 5.69 Å². The van der Waals surface area contributed by atoms with Gasteiger partial charge in [0, 0.05) is 18.8 Å². The van der Waals surface area contributed by atoms with Crippen molar-refractivity contribution in [1.29, 1.82) is 0 Å². The van der Waals surface area contributed by atoms with Crippen molar-refractivity contribution in [3.8, 4) is 0 Å². The maximum Gasteiger partial charge on any atom is 0.270 e. The molecule has 1 aromatic heterocycles. The molecule has 0 atom stereocenters. The molecule has 0 radical (unpaired) electrons. The molecule has 0 spiro atoms. The van der Waals surface area contributed by atoms with Gasteiger partial charge >= 0.3 is 0 Å². The minimum absolute atomic E-state index is 0.00913. The average molecular weight is 396 g/mol. The molecule has 1 rings (SSSR count). The van der Waals surface area contributed by atoms with Gasteiger partial charge in [-0.2, -0.15) is 16.8 Å². The van der Waals surface area contributed by atoms with Gasteiger partial charge in [0.1, 0.15) is 11.4 Å². The van der Waals surface area contributed by atoms with Gasteiger partial charge in [-0.25, -0.2) is 4.98 Å². The molecule has 0 aliphatic heterocycles. The summed E-state index contributed by atoms with van der Waals surface area (Å²) in [6.07, 6.45) is 0. The van der Waals surface area contributed by atoms with E-state index in [9.17, 15) is 26.4 Å². The van der Waals surface area contributed by atoms with Gasteiger partial charge < -0.3 is 16.4 Å². The Balaban J connectivity index is 2.77. The highest BCUT2D eigenvalue weighted by Crippen LogP contribution is 2.08. The number of rotatable bonds is 8. The summed E-state index contributed by atoms with van der Waals surface area (Å²) >= 11 is 0. The lowest BCUT2D eigenvalue weighted by molar-refractivity contribution is 0.0947. The standard InChI is InChI=1S/C11H16N4O8S2/c12-7-5-8(10(16)13-1-3-24(18,19)20)15-9(6-7)11(17)14-2-4-25(21,22)23/h5-6H,1-4H2,(H2,12,15)(H,13,16)(H,14,17)(H,18,19,20)(H,21,22,23). The van der Waals surface area contributed by atoms with E-state index < -0.39 is 43.6 Å². The molecule has 0 saturated heterocycles. The summed E-state index contributed by atoms with van der Waals surface area (Å²) in [5.74, 6) is -3.07. The van der Waals surface area contributed by atoms with Gasteiger partial charge in [-0.3, -0.25) is 18.7 Å². The first kappa shape index (κ1) is 20.8. The lowest BCUT2D eigenvalue weighted by atomic mass is 10.2. The molecule has 0 aliphatic carbocycles. The first-order chi connectivity index (χ1) is 11.4. The fraction of sp³-hybridized carbons (Fsp3) is 0.364. The van der Waals surface area contributed by atoms with Crippen LogP contribution in [0.2, 0.25) is 0 Å². The average Bonchev–Trinajstić information content (AvgIpc) is 2.43. The van der Waals surface area contributed by atoms with Crippen molar-refractivity contribution in [2.24, 2.45) is 0 Å². The Hall–Kier alpha value is -2.29. The van der Waals surface area contributed by atoms with Crippen LogP contribution in [0.15, 0.2) is 12.1 Å². The summed E-state index contributed by atoms with van der Waals surface area (Å²) < 4.78 is 59.4. The Kier molecular flexibility index (Phi) is 6.80. The van der Waals surface area contributed by atoms with E-state index in [4.69, 9.17) is 14.8 Å². The molecule has 6 N–H and O–H groups in total. The smallest absolute Gasteiger partial charge is 0.270 e. The van der Waals surface area contributed by atoms with Crippen LogP contribution in [-0.4, -0.2) is 67.3 Å². The molecule has 14 heteroatoms. The zero-order valence-electron chi connectivity index (χ0n) is 12.7. The third kappa shape index (κ3) is 8.39. The molecule has 12 nitrogen and oxygen atoms in total. The second kappa shape index (κ2) is 8.19. The van der Waals surface area contributed by atoms with E-state index in [1.165, 1.54) is 0 Å². The van der Waals surface area contributed by atoms with E-state index in [1.54, 1.807) is 0 Å². The lowest BCUT2D eigenvalue weighted by Gasteiger charge is -2.08. The molecule has 2 amide bonds. The molecule has 1 heterocycles. The first-order valence-corrected chi connectivity index (χ1v) is 9.83. The fourth-order valence-corrected chi connectivity index (χ4v) is 2.27. The van der Waals surface area contributed by atoms with E-state index >= 15 is 0 Å². The van der Waals surface area contributed by atoms with Crippen molar-refractivity contribution < 1.29 is 35.5 Å². The first-order valence-electron chi connectivity index (χ1n) is 6.62. The fourth-order valence-electron chi connectivity index (χ4n) is 1.55. The quantitative estimate of drug-likeness (QED) is 0.302. The van der Waals surface area contributed by atoms with E-state index in [2.05, 4.69) is 15.6 Å². The Labute approximate surface area is 143 Å². The van der Waals surface area contributed by atoms with E-state index in [1.807, 2.05) is 0 Å². The minimum atomic E-state index is -4.25. The molecule has 1 aromatic rings. The van der Waals surface area contributed by atoms with Gasteiger partial charge in [-0.05, 0) is 12.1 Å². The van der Waals surface area contributed by atoms with Crippen LogP contribution in [0.3, 0.4) is 0 Å². The van der Waals surface area contributed by atoms with Crippen molar-refractivity contribution in [2.75, 3.05) is 30.3 Å². The number of amides is 2. The molecule has 25 heavy (non-hydrogen) atoms. The molecular weight excluding hydrogens is 380 g/mol. The van der Waals surface area contributed by atoms with E-state index in [0.29, 0.717) is 0 Å². The summed E-state index contributed by atoms with van der Waals surface area (Å²) in [6, 6.07) is 2.27. The van der Waals surface area contributed by atoms with Crippen LogP contribution >= 0.6 is 0 Å². The van der Waals surface area contributed by atoms with Gasteiger partial charge in [-0.15, -0.1) is 0 Å². The predicted molar refractivity (Wildman–Crippen MR) is 86.1 cm³/mol. The number of carbonyl (C=O) groups excluding carboxylic acids is 2. The zero-order chi connectivity index (χ0) is 19.3. The minimum Gasteiger partial charge on any atom is -0.399 e. The maximum atomic E-state index is 11.9. The van der Waals surface area contributed by atoms with Gasteiger partial charge in [-0.1, -0.05) is 0 Å². The van der Waals surface area contributed by atoms with Crippen LogP contribution in [0, 0.1) is 0 Å². The van der Waals surface area contributed by atoms with Gasteiger partial charge in [0.15, 0.2) is 0 Å². The van der Waals surface area contributed by atoms with E-state index in [-0.39, 0.29) is 30.2 Å². The highest BCUT2D eigenvalue weighted by Gasteiger charge is 2.15. The summed E-state index contributed by atoms with van der Waals surface area (Å²) in [5.41, 5.74) is 5.00. The summed E-state index contributed by atoms with van der Waals surface area (Å²) in [5, 5.41) is 4.34. The highest BCUT2D eigenvalue weighted by molar-refractivity contribution is 7.86. The van der Waals surface area contributed by atoms with Gasteiger partial charge in [0.05, 0.1) is 11.5 Å². The highest BCUT2D eigenvalue weighted by atomic mass is 32.2. The monoisotopic (exact) mass is 396 g/mol. The number of hydrogen-bond donors (Lipinski definition) is 5. The second-order valence-electron chi connectivity index (χ2n) is 4.75. The van der Waals surface area contributed by atoms with Crippen molar-refractivity contribution in [2.45, 2.75) is 0 Å². The summed E-state index contributed by atoms with van der Waals surface area (Å²) in [7, 11) is -8.50. The predicted octanol–water partition coefficient (Wildman–Crippen LogP) is -2.10. The van der Waals surface area contributed by atoms with E-state index in [0.717, 1.165) is 12.1 Å². The lowest BCUT2D eigenvalue weighted by Crippen LogP contribution is -2.32. The Morgan fingerprint density at radius 1 is 0.920 bits per heavy atom. The summed E-state index contributed by atoms with van der Waals surface area (Å²) in [6.45, 7) is -0.770. The summed E-state index contributed by atoms with van der Waals surface area (Å²) in [4.78, 5) is 27.4. The van der Waals surface area contributed by atoms with Crippen LogP contribution in [0.25, 0.3) is 0 Å². The van der Waals surface area contributed by atoms with Crippen molar-refractivity contribution in [1.82, 2.24) is 15.6 Å². The van der Waals surface area contributed by atoms with Crippen molar-refractivity contribution in [3.63, 3.8) is 0 Å². The van der Waals surface area contributed by atoms with Crippen LogP contribution in [0.5, 0.6) is 0 Å². The third-order valence-electron chi connectivity index (χ3n) is 2.60. The molecule has 0 unspecified atom stereocenters. The molecule has 0 saturated carbocycles. The molecule has 0 bridgehead atoms. The number of hydrogen-bond acceptors (Lipinski definition) is 8.